The van der Waals surface area contributed by atoms with Crippen LogP contribution >= 0.6 is 0 Å². The average Bonchev–Trinajstić information content (AvgIpc) is 2.28. The van der Waals surface area contributed by atoms with Crippen molar-refractivity contribution in [2.24, 2.45) is 0 Å². The first-order valence-electron chi connectivity index (χ1n) is 5.82. The number of alkyl halides is 3. The van der Waals surface area contributed by atoms with Crippen LogP contribution in [0.15, 0.2) is 18.2 Å². The number of hydrogen-bond acceptors (Lipinski definition) is 4. The summed E-state index contributed by atoms with van der Waals surface area (Å²) < 4.78 is 47.9. The van der Waals surface area contributed by atoms with Gasteiger partial charge in [0.25, 0.3) is 0 Å². The summed E-state index contributed by atoms with van der Waals surface area (Å²) in [7, 11) is 0. The molecule has 3 N–H and O–H groups in total. The highest BCUT2D eigenvalue weighted by Gasteiger charge is 2.33. The Balaban J connectivity index is 1.96. The molecule has 20 heavy (non-hydrogen) atoms. The van der Waals surface area contributed by atoms with Crippen LogP contribution in [-0.4, -0.2) is 31.8 Å². The maximum Gasteiger partial charge on any atom is 0.418 e. The van der Waals surface area contributed by atoms with Crippen LogP contribution in [0.25, 0.3) is 0 Å². The number of nitrogens with two attached hydrogens (primary N) is 1. The summed E-state index contributed by atoms with van der Waals surface area (Å²) >= 11 is 0. The Morgan fingerprint density at radius 3 is 2.70 bits per heavy atom. The van der Waals surface area contributed by atoms with Crippen LogP contribution in [0, 0.1) is 0 Å². The second-order valence-corrected chi connectivity index (χ2v) is 4.32. The molecule has 0 radical (unpaired) electrons. The highest BCUT2D eigenvalue weighted by atomic mass is 19.4. The fourth-order valence-corrected chi connectivity index (χ4v) is 1.58. The Labute approximate surface area is 112 Å². The smallest absolute Gasteiger partial charge is 0.398 e. The minimum Gasteiger partial charge on any atom is -0.398 e. The Kier molecular flexibility index (Phi) is 4.15. The summed E-state index contributed by atoms with van der Waals surface area (Å²) in [5.41, 5.74) is 3.90. The third-order valence-corrected chi connectivity index (χ3v) is 2.70. The van der Waals surface area contributed by atoms with Crippen molar-refractivity contribution in [3.05, 3.63) is 23.8 Å². The minimum atomic E-state index is -4.56. The fraction of sp³-hybridized carbons (Fsp3) is 0.417. The van der Waals surface area contributed by atoms with Crippen molar-refractivity contribution in [2.75, 3.05) is 30.9 Å². The lowest BCUT2D eigenvalue weighted by Gasteiger charge is -2.25. The second-order valence-electron chi connectivity index (χ2n) is 4.32. The van der Waals surface area contributed by atoms with E-state index in [1.54, 1.807) is 0 Å². The van der Waals surface area contributed by atoms with E-state index in [1.807, 2.05) is 0 Å². The van der Waals surface area contributed by atoms with E-state index in [-0.39, 0.29) is 18.4 Å². The number of carbonyl (C=O) groups excluding carboxylic acids is 1. The Morgan fingerprint density at radius 1 is 1.45 bits per heavy atom. The number of hydrogen-bond donors (Lipinski definition) is 2. The third kappa shape index (κ3) is 3.61. The van der Waals surface area contributed by atoms with Crippen LogP contribution < -0.4 is 11.1 Å². The average molecular weight is 290 g/mol. The molecular weight excluding hydrogens is 277 g/mol. The van der Waals surface area contributed by atoms with E-state index in [0.717, 1.165) is 12.1 Å². The van der Waals surface area contributed by atoms with Crippen molar-refractivity contribution in [3.8, 4) is 0 Å². The van der Waals surface area contributed by atoms with Gasteiger partial charge in [-0.05, 0) is 18.2 Å². The molecule has 1 aliphatic rings. The molecular formula is C12H13F3N2O3. The van der Waals surface area contributed by atoms with Crippen molar-refractivity contribution < 1.29 is 27.4 Å². The van der Waals surface area contributed by atoms with Gasteiger partial charge in [-0.3, -0.25) is 4.79 Å². The molecule has 2 rings (SSSR count). The zero-order valence-electron chi connectivity index (χ0n) is 10.4. The number of carbonyl (C=O) groups is 1. The van der Waals surface area contributed by atoms with Crippen molar-refractivity contribution in [1.82, 2.24) is 0 Å². The van der Waals surface area contributed by atoms with E-state index >= 15 is 0 Å². The molecule has 0 spiro atoms. The molecule has 110 valence electrons. The molecule has 0 atom stereocenters. The van der Waals surface area contributed by atoms with Crippen molar-refractivity contribution in [3.63, 3.8) is 0 Å². The number of benzene rings is 1. The highest BCUT2D eigenvalue weighted by molar-refractivity contribution is 5.92. The molecule has 1 amide bonds. The quantitative estimate of drug-likeness (QED) is 0.827. The van der Waals surface area contributed by atoms with Crippen LogP contribution in [0.3, 0.4) is 0 Å². The van der Waals surface area contributed by atoms with Crippen molar-refractivity contribution in [1.29, 1.82) is 0 Å². The molecule has 0 aromatic heterocycles. The molecule has 1 aromatic carbocycles. The Hall–Kier alpha value is -1.80. The number of halogens is 3. The lowest BCUT2D eigenvalue weighted by atomic mass is 10.1. The largest absolute Gasteiger partial charge is 0.418 e. The first-order valence-corrected chi connectivity index (χ1v) is 5.82. The molecule has 5 nitrogen and oxygen atoms in total. The Bertz CT molecular complexity index is 501. The molecule has 0 bridgehead atoms. The number of nitrogens with one attached hydrogen (secondary N) is 1. The molecule has 1 saturated heterocycles. The van der Waals surface area contributed by atoms with Crippen LogP contribution in [-0.2, 0) is 20.4 Å². The minimum absolute atomic E-state index is 0.0185. The summed E-state index contributed by atoms with van der Waals surface area (Å²) in [5.74, 6) is -0.533. The normalized spacial score (nSPS) is 15.8. The first kappa shape index (κ1) is 14.6. The van der Waals surface area contributed by atoms with Crippen LogP contribution in [0.5, 0.6) is 0 Å². The predicted molar refractivity (Wildman–Crippen MR) is 65.0 cm³/mol. The van der Waals surface area contributed by atoms with Gasteiger partial charge in [0.15, 0.2) is 0 Å². The van der Waals surface area contributed by atoms with Gasteiger partial charge in [-0.15, -0.1) is 0 Å². The zero-order valence-corrected chi connectivity index (χ0v) is 10.4. The molecule has 0 unspecified atom stereocenters. The van der Waals surface area contributed by atoms with Gasteiger partial charge in [-0.2, -0.15) is 13.2 Å². The van der Waals surface area contributed by atoms with E-state index < -0.39 is 23.3 Å². The first-order chi connectivity index (χ1) is 9.36. The molecule has 1 heterocycles. The van der Waals surface area contributed by atoms with Crippen LogP contribution in [0.2, 0.25) is 0 Å². The predicted octanol–water partition coefficient (Wildman–Crippen LogP) is 1.64. The van der Waals surface area contributed by atoms with Gasteiger partial charge in [-0.1, -0.05) is 0 Å². The molecule has 1 aliphatic heterocycles. The lowest BCUT2D eigenvalue weighted by molar-refractivity contribution is -0.144. The molecule has 0 saturated carbocycles. The monoisotopic (exact) mass is 290 g/mol. The zero-order chi connectivity index (χ0) is 14.8. The maximum absolute atomic E-state index is 12.6. The number of nitrogen functional groups attached to an aromatic ring is 1. The number of anilines is 2. The van der Waals surface area contributed by atoms with E-state index in [1.165, 1.54) is 6.07 Å². The summed E-state index contributed by atoms with van der Waals surface area (Å²) in [4.78, 5) is 11.5. The number of amides is 1. The SMILES string of the molecule is Nc1ccc(NC(=O)COC2COC2)cc1C(F)(F)F. The summed E-state index contributed by atoms with van der Waals surface area (Å²) in [6.07, 6.45) is -4.69. The molecule has 1 aromatic rings. The fourth-order valence-electron chi connectivity index (χ4n) is 1.58. The highest BCUT2D eigenvalue weighted by Crippen LogP contribution is 2.35. The summed E-state index contributed by atoms with van der Waals surface area (Å²) in [6, 6.07) is 3.19. The molecule has 8 heteroatoms. The van der Waals surface area contributed by atoms with Crippen molar-refractivity contribution >= 4 is 17.3 Å². The number of rotatable bonds is 4. The van der Waals surface area contributed by atoms with E-state index in [4.69, 9.17) is 15.2 Å². The molecule has 1 fully saturated rings. The van der Waals surface area contributed by atoms with Gasteiger partial charge in [0.05, 0.1) is 18.8 Å². The topological polar surface area (TPSA) is 73.6 Å². The van der Waals surface area contributed by atoms with Gasteiger partial charge >= 0.3 is 6.18 Å². The second kappa shape index (κ2) is 5.68. The standard InChI is InChI=1S/C12H13F3N2O3/c13-12(14,15)9-3-7(1-2-10(9)16)17-11(18)6-20-8-4-19-5-8/h1-3,8H,4-6,16H2,(H,17,18). The maximum atomic E-state index is 12.6. The van der Waals surface area contributed by atoms with E-state index in [9.17, 15) is 18.0 Å². The number of ether oxygens (including phenoxy) is 2. The van der Waals surface area contributed by atoms with Gasteiger partial charge < -0.3 is 20.5 Å². The van der Waals surface area contributed by atoms with Gasteiger partial charge in [0, 0.05) is 11.4 Å². The van der Waals surface area contributed by atoms with Crippen molar-refractivity contribution in [2.45, 2.75) is 12.3 Å². The van der Waals surface area contributed by atoms with Gasteiger partial charge in [0.2, 0.25) is 5.91 Å². The van der Waals surface area contributed by atoms with E-state index in [2.05, 4.69) is 5.32 Å². The molecule has 0 aliphatic carbocycles. The van der Waals surface area contributed by atoms with Crippen LogP contribution in [0.4, 0.5) is 24.5 Å². The van der Waals surface area contributed by atoms with Gasteiger partial charge in [-0.25, -0.2) is 0 Å². The summed E-state index contributed by atoms with van der Waals surface area (Å²) in [5, 5.41) is 2.32. The summed E-state index contributed by atoms with van der Waals surface area (Å²) in [6.45, 7) is 0.612. The lowest BCUT2D eigenvalue weighted by Crippen LogP contribution is -2.38. The van der Waals surface area contributed by atoms with Gasteiger partial charge in [0.1, 0.15) is 12.7 Å². The van der Waals surface area contributed by atoms with E-state index in [0.29, 0.717) is 13.2 Å². The third-order valence-electron chi connectivity index (χ3n) is 2.70. The Morgan fingerprint density at radius 2 is 2.15 bits per heavy atom. The van der Waals surface area contributed by atoms with Crippen LogP contribution in [0.1, 0.15) is 5.56 Å².